The summed E-state index contributed by atoms with van der Waals surface area (Å²) >= 11 is 1.80. The summed E-state index contributed by atoms with van der Waals surface area (Å²) < 4.78 is 5.40. The molecule has 12 nitrogen and oxygen atoms in total. The fourth-order valence-corrected chi connectivity index (χ4v) is 5.19. The number of aliphatic carboxylic acids is 3. The molecule has 0 atom stereocenters. The smallest absolute Gasteiger partial charge is 0.336 e. The predicted molar refractivity (Wildman–Crippen MR) is 146 cm³/mol. The summed E-state index contributed by atoms with van der Waals surface area (Å²) in [5.41, 5.74) is -0.468. The molecule has 13 heteroatoms. The summed E-state index contributed by atoms with van der Waals surface area (Å²) in [5, 5.41) is 42.6. The molecule has 2 aliphatic rings. The van der Waals surface area contributed by atoms with Crippen LogP contribution in [0.3, 0.4) is 0 Å². The minimum absolute atomic E-state index is 0.0898. The molecule has 0 aliphatic carbocycles. The van der Waals surface area contributed by atoms with Gasteiger partial charge in [0.25, 0.3) is 0 Å². The Bertz CT molecular complexity index is 1200. The van der Waals surface area contributed by atoms with Gasteiger partial charge in [-0.1, -0.05) is 42.1 Å². The SMILES string of the molecule is O=C(O)CC(O)(CC(=O)O)C(=O)O.OCCOCCN1CCN(C2=Nc3ccccc3Sc3ccccc32)CC1. The predicted octanol–water partition coefficient (Wildman–Crippen LogP) is 1.61. The number of carbonyl (C=O) groups is 3. The van der Waals surface area contributed by atoms with Crippen LogP contribution in [0.2, 0.25) is 0 Å². The Kier molecular flexibility index (Phi) is 11.5. The number of nitrogens with zero attached hydrogens (tertiary/aromatic N) is 3. The summed E-state index contributed by atoms with van der Waals surface area (Å²) in [4.78, 5) is 42.8. The Hall–Kier alpha value is -3.49. The lowest BCUT2D eigenvalue weighted by molar-refractivity contribution is -0.170. The number of aliphatic hydroxyl groups excluding tert-OH is 1. The van der Waals surface area contributed by atoms with Gasteiger partial charge in [-0.15, -0.1) is 0 Å². The molecule has 0 saturated carbocycles. The number of para-hydroxylation sites is 1. The molecular formula is C27H33N3O9S. The highest BCUT2D eigenvalue weighted by atomic mass is 32.2. The van der Waals surface area contributed by atoms with Crippen molar-refractivity contribution < 1.29 is 44.7 Å². The molecule has 0 amide bonds. The molecule has 0 radical (unpaired) electrons. The molecule has 0 aromatic heterocycles. The zero-order valence-electron chi connectivity index (χ0n) is 21.8. The first-order valence-electron chi connectivity index (χ1n) is 12.6. The van der Waals surface area contributed by atoms with Crippen LogP contribution >= 0.6 is 11.8 Å². The third kappa shape index (κ3) is 8.76. The first kappa shape index (κ1) is 31.0. The third-order valence-electron chi connectivity index (χ3n) is 6.18. The summed E-state index contributed by atoms with van der Waals surface area (Å²) in [6.45, 7) is 6.01. The van der Waals surface area contributed by atoms with E-state index in [4.69, 9.17) is 35.3 Å². The van der Waals surface area contributed by atoms with Crippen molar-refractivity contribution in [2.45, 2.75) is 28.2 Å². The van der Waals surface area contributed by atoms with Crippen LogP contribution in [0.25, 0.3) is 0 Å². The molecule has 216 valence electrons. The van der Waals surface area contributed by atoms with Crippen molar-refractivity contribution in [3.05, 3.63) is 54.1 Å². The number of rotatable bonds is 10. The quantitative estimate of drug-likeness (QED) is 0.259. The zero-order valence-corrected chi connectivity index (χ0v) is 22.6. The third-order valence-corrected chi connectivity index (χ3v) is 7.33. The van der Waals surface area contributed by atoms with Crippen molar-refractivity contribution in [2.24, 2.45) is 4.99 Å². The van der Waals surface area contributed by atoms with Crippen molar-refractivity contribution >= 4 is 41.2 Å². The fourth-order valence-electron chi connectivity index (χ4n) is 4.17. The fraction of sp³-hybridized carbons (Fsp3) is 0.407. The molecule has 2 heterocycles. The molecule has 2 aliphatic heterocycles. The number of aliphatic imine (C=N–C) groups is 1. The molecule has 2 aromatic carbocycles. The second-order valence-corrected chi connectivity index (χ2v) is 10.2. The van der Waals surface area contributed by atoms with E-state index < -0.39 is 36.4 Å². The highest BCUT2D eigenvalue weighted by Crippen LogP contribution is 2.40. The summed E-state index contributed by atoms with van der Waals surface area (Å²) in [5.74, 6) is -3.94. The van der Waals surface area contributed by atoms with Gasteiger partial charge < -0.3 is 35.2 Å². The van der Waals surface area contributed by atoms with Gasteiger partial charge in [-0.25, -0.2) is 9.79 Å². The first-order valence-corrected chi connectivity index (χ1v) is 13.4. The van der Waals surface area contributed by atoms with Crippen molar-refractivity contribution in [2.75, 3.05) is 52.5 Å². The minimum Gasteiger partial charge on any atom is -0.481 e. The van der Waals surface area contributed by atoms with Crippen LogP contribution in [-0.4, -0.2) is 117 Å². The molecule has 0 unspecified atom stereocenters. The van der Waals surface area contributed by atoms with E-state index in [9.17, 15) is 14.4 Å². The normalized spacial score (nSPS) is 15.1. The van der Waals surface area contributed by atoms with E-state index in [0.29, 0.717) is 13.2 Å². The lowest BCUT2D eigenvalue weighted by Crippen LogP contribution is -2.49. The van der Waals surface area contributed by atoms with E-state index >= 15 is 0 Å². The van der Waals surface area contributed by atoms with E-state index in [1.807, 2.05) is 0 Å². The van der Waals surface area contributed by atoms with Crippen molar-refractivity contribution in [3.8, 4) is 0 Å². The number of benzene rings is 2. The highest BCUT2D eigenvalue weighted by Gasteiger charge is 2.40. The Labute approximate surface area is 235 Å². The van der Waals surface area contributed by atoms with Gasteiger partial charge in [0, 0.05) is 48.1 Å². The van der Waals surface area contributed by atoms with E-state index in [1.165, 1.54) is 15.4 Å². The maximum Gasteiger partial charge on any atom is 0.336 e. The number of amidine groups is 1. The van der Waals surface area contributed by atoms with Gasteiger partial charge in [0.15, 0.2) is 5.60 Å². The van der Waals surface area contributed by atoms with Crippen molar-refractivity contribution in [1.82, 2.24) is 9.80 Å². The molecule has 1 fully saturated rings. The minimum atomic E-state index is -2.74. The Morgan fingerprint density at radius 3 is 2.08 bits per heavy atom. The summed E-state index contributed by atoms with van der Waals surface area (Å²) in [7, 11) is 0. The molecule has 0 spiro atoms. The Morgan fingerprint density at radius 2 is 1.48 bits per heavy atom. The maximum atomic E-state index is 10.3. The van der Waals surface area contributed by atoms with Crippen LogP contribution in [0.1, 0.15) is 18.4 Å². The molecule has 2 aromatic rings. The lowest BCUT2D eigenvalue weighted by atomic mass is 9.96. The van der Waals surface area contributed by atoms with Crippen LogP contribution < -0.4 is 0 Å². The lowest BCUT2D eigenvalue weighted by Gasteiger charge is -2.36. The second kappa shape index (κ2) is 14.8. The largest absolute Gasteiger partial charge is 0.481 e. The summed E-state index contributed by atoms with van der Waals surface area (Å²) in [6, 6.07) is 16.9. The van der Waals surface area contributed by atoms with Crippen LogP contribution in [0.5, 0.6) is 0 Å². The van der Waals surface area contributed by atoms with Gasteiger partial charge in [0.1, 0.15) is 5.84 Å². The van der Waals surface area contributed by atoms with E-state index in [1.54, 1.807) is 11.8 Å². The average Bonchev–Trinajstić information content (AvgIpc) is 3.08. The standard InChI is InChI=1S/C21H25N3O2S.C6H8O7/c25-14-16-26-15-13-23-9-11-24(12-10-23)21-17-5-1-3-7-19(17)27-20-8-4-2-6-18(20)22-21;7-3(8)1-6(13,5(11)12)2-4(9)10/h1-8,25H,9-16H2;13H,1-2H2,(H,7,8)(H,9,10)(H,11,12). The number of fused-ring (bicyclic) bond motifs is 2. The summed E-state index contributed by atoms with van der Waals surface area (Å²) in [6.07, 6.45) is -2.29. The van der Waals surface area contributed by atoms with Gasteiger partial charge >= 0.3 is 17.9 Å². The Morgan fingerprint density at radius 1 is 0.875 bits per heavy atom. The van der Waals surface area contributed by atoms with Crippen LogP contribution in [0, 0.1) is 0 Å². The zero-order chi connectivity index (χ0) is 29.1. The first-order chi connectivity index (χ1) is 19.1. The van der Waals surface area contributed by atoms with Crippen molar-refractivity contribution in [3.63, 3.8) is 0 Å². The van der Waals surface area contributed by atoms with Crippen LogP contribution in [0.4, 0.5) is 5.69 Å². The Balaban J connectivity index is 0.000000289. The van der Waals surface area contributed by atoms with Gasteiger partial charge in [-0.3, -0.25) is 14.5 Å². The van der Waals surface area contributed by atoms with E-state index in [-0.39, 0.29) is 6.61 Å². The second-order valence-electron chi connectivity index (χ2n) is 9.14. The van der Waals surface area contributed by atoms with Gasteiger partial charge in [-0.05, 0) is 18.2 Å². The monoisotopic (exact) mass is 575 g/mol. The molecular weight excluding hydrogens is 542 g/mol. The van der Waals surface area contributed by atoms with E-state index in [0.717, 1.165) is 44.2 Å². The number of ether oxygens (including phenoxy) is 1. The molecule has 0 bridgehead atoms. The number of hydrogen-bond acceptors (Lipinski definition) is 10. The molecule has 1 saturated heterocycles. The van der Waals surface area contributed by atoms with Crippen LogP contribution in [0.15, 0.2) is 63.3 Å². The maximum absolute atomic E-state index is 10.3. The molecule has 40 heavy (non-hydrogen) atoms. The number of carboxylic acids is 3. The molecule has 4 rings (SSSR count). The van der Waals surface area contributed by atoms with Crippen LogP contribution in [-0.2, 0) is 19.1 Å². The number of aliphatic hydroxyl groups is 2. The molecule has 5 N–H and O–H groups in total. The average molecular weight is 576 g/mol. The topological polar surface area (TPSA) is 180 Å². The van der Waals surface area contributed by atoms with Gasteiger partial charge in [0.2, 0.25) is 0 Å². The number of carboxylic acid groups (broad SMARTS) is 3. The number of hydrogen-bond donors (Lipinski definition) is 5. The van der Waals surface area contributed by atoms with Gasteiger partial charge in [-0.2, -0.15) is 0 Å². The van der Waals surface area contributed by atoms with E-state index in [2.05, 4.69) is 58.3 Å². The highest BCUT2D eigenvalue weighted by molar-refractivity contribution is 7.99. The van der Waals surface area contributed by atoms with Crippen molar-refractivity contribution in [1.29, 1.82) is 0 Å². The van der Waals surface area contributed by atoms with Gasteiger partial charge in [0.05, 0.1) is 38.3 Å². The number of piperazine rings is 1.